The highest BCUT2D eigenvalue weighted by atomic mass is 32.1. The highest BCUT2D eigenvalue weighted by molar-refractivity contribution is 7.34. The monoisotopic (exact) mass is 1150 g/mol. The molecule has 0 amide bonds. The van der Waals surface area contributed by atoms with Crippen LogP contribution >= 0.6 is 22.7 Å². The topological polar surface area (TPSA) is 52.2 Å². The van der Waals surface area contributed by atoms with E-state index in [2.05, 4.69) is 246 Å². The maximum Gasteiger partial charge on any atom is 0.273 e. The number of hydrogen-bond acceptors (Lipinski definition) is 8. The normalized spacial score (nSPS) is 13.8. The molecule has 0 saturated carbocycles. The number of nitrogens with one attached hydrogen (secondary N) is 1. The maximum atomic E-state index is 7.60. The second-order valence-corrected chi connectivity index (χ2v) is 26.8. The van der Waals surface area contributed by atoms with Crippen molar-refractivity contribution >= 4 is 139 Å². The van der Waals surface area contributed by atoms with E-state index in [-0.39, 0.29) is 20.1 Å². The van der Waals surface area contributed by atoms with E-state index >= 15 is 0 Å². The molecule has 87 heavy (non-hydrogen) atoms. The van der Waals surface area contributed by atoms with Crippen molar-refractivity contribution in [2.75, 3.05) is 10.2 Å². The molecule has 1 N–H and O–H groups in total. The minimum Gasteiger partial charge on any atom is -0.458 e. The van der Waals surface area contributed by atoms with Crippen molar-refractivity contribution in [3.05, 3.63) is 228 Å². The number of anilines is 5. The number of fused-ring (bicyclic) bond motifs is 16. The molecule has 0 spiro atoms. The summed E-state index contributed by atoms with van der Waals surface area (Å²) in [7, 11) is 0. The van der Waals surface area contributed by atoms with Crippen LogP contribution in [-0.4, -0.2) is 20.1 Å². The molecule has 0 radical (unpaired) electrons. The Morgan fingerprint density at radius 3 is 1.41 bits per heavy atom. The number of benzene rings is 11. The number of thiophene rings is 2. The van der Waals surface area contributed by atoms with Crippen LogP contribution in [0.4, 0.5) is 28.4 Å². The molecular weight excluding hydrogens is 1100 g/mol. The Balaban J connectivity index is 0.894. The molecule has 11 aromatic carbocycles. The van der Waals surface area contributed by atoms with E-state index in [0.29, 0.717) is 0 Å². The third-order valence-corrected chi connectivity index (χ3v) is 21.8. The molecule has 0 saturated heterocycles. The van der Waals surface area contributed by atoms with Gasteiger partial charge in [-0.1, -0.05) is 127 Å². The molecule has 8 heterocycles. The van der Waals surface area contributed by atoms with Crippen LogP contribution in [0.3, 0.4) is 0 Å². The summed E-state index contributed by atoms with van der Waals surface area (Å²) in [6, 6.07) is 71.6. The predicted molar refractivity (Wildman–Crippen MR) is 366 cm³/mol. The van der Waals surface area contributed by atoms with Gasteiger partial charge in [-0.3, -0.25) is 0 Å². The summed E-state index contributed by atoms with van der Waals surface area (Å²) in [4.78, 5) is 2.57. The third-order valence-electron chi connectivity index (χ3n) is 19.3. The largest absolute Gasteiger partial charge is 0.458 e. The molecule has 19 rings (SSSR count). The van der Waals surface area contributed by atoms with E-state index < -0.39 is 0 Å². The fourth-order valence-corrected chi connectivity index (χ4v) is 18.1. The van der Waals surface area contributed by atoms with Gasteiger partial charge in [-0.05, 0) is 202 Å². The summed E-state index contributed by atoms with van der Waals surface area (Å²) < 4.78 is 34.2. The Morgan fingerprint density at radius 2 is 0.828 bits per heavy atom. The van der Waals surface area contributed by atoms with Gasteiger partial charge in [0.1, 0.15) is 46.0 Å². The van der Waals surface area contributed by atoms with Crippen molar-refractivity contribution < 1.29 is 18.9 Å². The minimum atomic E-state index is -0.255. The zero-order valence-corrected chi connectivity index (χ0v) is 50.2. The molecular formula is C76H51B3N2O4S2. The van der Waals surface area contributed by atoms with Gasteiger partial charge in [0.2, 0.25) is 0 Å². The van der Waals surface area contributed by atoms with Crippen molar-refractivity contribution in [1.82, 2.24) is 0 Å². The van der Waals surface area contributed by atoms with Crippen LogP contribution in [0.15, 0.2) is 194 Å². The molecule has 0 unspecified atom stereocenters. The van der Waals surface area contributed by atoms with E-state index in [1.807, 2.05) is 22.7 Å². The summed E-state index contributed by atoms with van der Waals surface area (Å²) in [6.07, 6.45) is 0. The molecule has 6 nitrogen and oxygen atoms in total. The first-order valence-corrected chi connectivity index (χ1v) is 31.7. The SMILES string of the molecule is Cc1cc(C)c(N2c3cc4c(cc3B3c5cc6c(cc5Oc5cc(-c7ccccc7C)cc2c53)Oc2cc(-c3ccccc3C)cc3c2B6c2sc5ccccc5c2O3)B2c3sc5ccccc5c3Oc3cc(-c5ccccc5C)cc(c32)N4)c(C)c1. The number of nitrogens with zero attached hydrogens (tertiary/aromatic N) is 1. The van der Waals surface area contributed by atoms with Crippen LogP contribution in [0.5, 0.6) is 46.0 Å². The standard InChI is InChI=1S/C76H51B3N2O4S2/c1-39-27-43(5)72(44(6)28-39)81-59-37-57-53(78-69-58(80-57)29-45(48-20-10-7-17-40(48)2)31-63(69)84-73-51-23-13-15-25-67(51)86-75(73)78)35-54(59)77-55-36-56-62(38-61(55)82-64-32-46(30-60(81)70(64)77)49-21-11-8-18-41(49)3)83-65-33-47(50-22-12-9-19-42(50)4)34-66-71(65)79(56)76-74(85-66)52-24-14-16-26-68(52)87-76/h7-38,80H,1-6H3. The third kappa shape index (κ3) is 7.01. The fraction of sp³-hybridized carbons (Fsp3) is 0.0789. The first-order valence-electron chi connectivity index (χ1n) is 30.0. The van der Waals surface area contributed by atoms with Gasteiger partial charge in [0, 0.05) is 64.0 Å². The number of hydrogen-bond donors (Lipinski definition) is 1. The van der Waals surface area contributed by atoms with E-state index in [1.54, 1.807) is 0 Å². The van der Waals surface area contributed by atoms with Crippen LogP contribution in [0.2, 0.25) is 0 Å². The summed E-state index contributed by atoms with van der Waals surface area (Å²) in [5.74, 6) is 6.79. The van der Waals surface area contributed by atoms with Gasteiger partial charge >= 0.3 is 0 Å². The molecule has 6 aliphatic rings. The lowest BCUT2D eigenvalue weighted by Crippen LogP contribution is -2.64. The van der Waals surface area contributed by atoms with Crippen molar-refractivity contribution in [3.63, 3.8) is 0 Å². The van der Waals surface area contributed by atoms with Gasteiger partial charge in [-0.25, -0.2) is 0 Å². The Morgan fingerprint density at radius 1 is 0.356 bits per heavy atom. The Hall–Kier alpha value is -9.67. The van der Waals surface area contributed by atoms with E-state index in [9.17, 15) is 0 Å². The first-order chi connectivity index (χ1) is 42.6. The molecule has 0 fully saturated rings. The van der Waals surface area contributed by atoms with Gasteiger partial charge < -0.3 is 29.2 Å². The molecule has 6 aliphatic heterocycles. The van der Waals surface area contributed by atoms with Gasteiger partial charge in [-0.15, -0.1) is 22.7 Å². The zero-order valence-electron chi connectivity index (χ0n) is 48.6. The highest BCUT2D eigenvalue weighted by Crippen LogP contribution is 2.50. The van der Waals surface area contributed by atoms with Crippen LogP contribution in [0.1, 0.15) is 33.4 Å². The van der Waals surface area contributed by atoms with Crippen LogP contribution in [-0.2, 0) is 0 Å². The molecule has 0 aliphatic carbocycles. The molecule has 410 valence electrons. The molecule has 0 atom stereocenters. The van der Waals surface area contributed by atoms with Crippen LogP contribution in [0.25, 0.3) is 53.6 Å². The van der Waals surface area contributed by atoms with E-state index in [0.717, 1.165) is 135 Å². The van der Waals surface area contributed by atoms with E-state index in [4.69, 9.17) is 18.9 Å². The lowest BCUT2D eigenvalue weighted by Gasteiger charge is -2.43. The lowest BCUT2D eigenvalue weighted by molar-refractivity contribution is 0.458. The summed E-state index contributed by atoms with van der Waals surface area (Å²) in [5.41, 5.74) is 27.5. The van der Waals surface area contributed by atoms with Crippen molar-refractivity contribution in [1.29, 1.82) is 0 Å². The Bertz CT molecular complexity index is 5270. The average molecular weight is 1150 g/mol. The lowest BCUT2D eigenvalue weighted by atomic mass is 9.30. The second kappa shape index (κ2) is 18.0. The number of aryl methyl sites for hydroxylation is 6. The van der Waals surface area contributed by atoms with Gasteiger partial charge in [0.25, 0.3) is 20.1 Å². The van der Waals surface area contributed by atoms with E-state index in [1.165, 1.54) is 74.5 Å². The zero-order chi connectivity index (χ0) is 57.8. The average Bonchev–Trinajstić information content (AvgIpc) is 1.51. The molecule has 13 aromatic rings. The van der Waals surface area contributed by atoms with Crippen molar-refractivity contribution in [3.8, 4) is 79.4 Å². The van der Waals surface area contributed by atoms with Crippen molar-refractivity contribution in [2.24, 2.45) is 0 Å². The van der Waals surface area contributed by atoms with Gasteiger partial charge in [0.05, 0.1) is 5.69 Å². The molecule has 0 bridgehead atoms. The molecule has 11 heteroatoms. The maximum absolute atomic E-state index is 7.60. The molecule has 2 aromatic heterocycles. The Labute approximate surface area is 513 Å². The predicted octanol–water partition coefficient (Wildman–Crippen LogP) is 14.8. The van der Waals surface area contributed by atoms with Gasteiger partial charge in [0.15, 0.2) is 0 Å². The summed E-state index contributed by atoms with van der Waals surface area (Å²) in [6.45, 7) is 12.8. The van der Waals surface area contributed by atoms with Crippen LogP contribution in [0, 0.1) is 41.5 Å². The smallest absolute Gasteiger partial charge is 0.273 e. The summed E-state index contributed by atoms with van der Waals surface area (Å²) >= 11 is 3.67. The fourth-order valence-electron chi connectivity index (χ4n) is 15.6. The van der Waals surface area contributed by atoms with Crippen LogP contribution < -0.4 is 77.0 Å². The quantitative estimate of drug-likeness (QED) is 0.177. The summed E-state index contributed by atoms with van der Waals surface area (Å²) in [5, 5.41) is 6.40. The highest BCUT2D eigenvalue weighted by Gasteiger charge is 2.50. The number of ether oxygens (including phenoxy) is 4. The first kappa shape index (κ1) is 49.6. The van der Waals surface area contributed by atoms with Crippen molar-refractivity contribution in [2.45, 2.75) is 41.5 Å². The minimum absolute atomic E-state index is 0.117. The number of rotatable bonds is 4. The second-order valence-electron chi connectivity index (χ2n) is 24.6. The van der Waals surface area contributed by atoms with Gasteiger partial charge in [-0.2, -0.15) is 0 Å². The Kier molecular flexibility index (Phi) is 10.2.